The third kappa shape index (κ3) is 8.49. The van der Waals surface area contributed by atoms with E-state index >= 15 is 0 Å². The summed E-state index contributed by atoms with van der Waals surface area (Å²) in [6.45, 7) is 6.90. The van der Waals surface area contributed by atoms with Crippen LogP contribution in [0.15, 0.2) is 36.5 Å². The largest absolute Gasteiger partial charge is 0.545 e. The summed E-state index contributed by atoms with van der Waals surface area (Å²) in [5.41, 5.74) is 4.75. The summed E-state index contributed by atoms with van der Waals surface area (Å²) < 4.78 is 2.11. The van der Waals surface area contributed by atoms with Crippen LogP contribution in [-0.2, 0) is 11.3 Å². The zero-order valence-electron chi connectivity index (χ0n) is 20.0. The van der Waals surface area contributed by atoms with E-state index in [9.17, 15) is 14.7 Å². The van der Waals surface area contributed by atoms with Crippen LogP contribution in [-0.4, -0.2) is 16.3 Å². The molecule has 0 fully saturated rings. The minimum Gasteiger partial charge on any atom is -0.545 e. The van der Waals surface area contributed by atoms with E-state index in [-0.39, 0.29) is 5.78 Å². The standard InChI is InChI=1S/C28H39NO3/c1-4-5-6-7-8-9-10-11-12-16-26(30)28-22(2)20-29(23(28)3)21-25-15-13-14-24(19-25)17-18-27(31)32/h13-15,17-20H,4-12,16,21H2,1-3H3,(H,31,32)/p-1/b18-17+. The molecule has 2 rings (SSSR count). The second-order valence-corrected chi connectivity index (χ2v) is 8.80. The first kappa shape index (κ1) is 25.6. The molecular weight excluding hydrogens is 398 g/mol. The molecule has 174 valence electrons. The van der Waals surface area contributed by atoms with Gasteiger partial charge in [0.05, 0.1) is 5.97 Å². The molecule has 4 heteroatoms. The molecule has 0 saturated carbocycles. The number of aromatic nitrogens is 1. The molecule has 2 aromatic rings. The van der Waals surface area contributed by atoms with Crippen LogP contribution in [0.3, 0.4) is 0 Å². The molecule has 0 saturated heterocycles. The summed E-state index contributed by atoms with van der Waals surface area (Å²) >= 11 is 0. The smallest absolute Gasteiger partial charge is 0.164 e. The molecule has 0 aliphatic heterocycles. The fraction of sp³-hybridized carbons (Fsp3) is 0.500. The Bertz CT molecular complexity index is 907. The maximum Gasteiger partial charge on any atom is 0.164 e. The normalized spacial score (nSPS) is 11.3. The lowest BCUT2D eigenvalue weighted by molar-refractivity contribution is -0.297. The van der Waals surface area contributed by atoms with Gasteiger partial charge in [-0.15, -0.1) is 0 Å². The number of unbranched alkanes of at least 4 members (excludes halogenated alkanes) is 8. The van der Waals surface area contributed by atoms with Gasteiger partial charge in [0.1, 0.15) is 0 Å². The zero-order valence-corrected chi connectivity index (χ0v) is 20.0. The highest BCUT2D eigenvalue weighted by molar-refractivity contribution is 5.98. The SMILES string of the molecule is CCCCCCCCCCCC(=O)c1c(C)cn(Cc2cccc(/C=C/C(=O)[O-])c2)c1C. The number of benzene rings is 1. The summed E-state index contributed by atoms with van der Waals surface area (Å²) in [7, 11) is 0. The number of aliphatic carboxylic acids is 1. The van der Waals surface area contributed by atoms with E-state index in [1.165, 1.54) is 51.0 Å². The van der Waals surface area contributed by atoms with E-state index in [0.717, 1.165) is 46.9 Å². The van der Waals surface area contributed by atoms with E-state index in [1.807, 2.05) is 44.3 Å². The number of hydrogen-bond acceptors (Lipinski definition) is 3. The highest BCUT2D eigenvalue weighted by atomic mass is 16.4. The molecule has 0 unspecified atom stereocenters. The monoisotopic (exact) mass is 436 g/mol. The van der Waals surface area contributed by atoms with Crippen molar-refractivity contribution < 1.29 is 14.7 Å². The Kier molecular flexibility index (Phi) is 11.0. The molecule has 0 N–H and O–H groups in total. The number of aryl methyl sites for hydroxylation is 1. The van der Waals surface area contributed by atoms with Crippen LogP contribution in [0.2, 0.25) is 0 Å². The Balaban J connectivity index is 1.87. The lowest BCUT2D eigenvalue weighted by Crippen LogP contribution is -2.18. The predicted molar refractivity (Wildman–Crippen MR) is 130 cm³/mol. The molecule has 0 aliphatic carbocycles. The van der Waals surface area contributed by atoms with Crippen LogP contribution in [0.25, 0.3) is 6.08 Å². The highest BCUT2D eigenvalue weighted by Crippen LogP contribution is 2.21. The van der Waals surface area contributed by atoms with Gasteiger partial charge in [-0.3, -0.25) is 4.79 Å². The van der Waals surface area contributed by atoms with Crippen molar-refractivity contribution in [2.24, 2.45) is 0 Å². The van der Waals surface area contributed by atoms with Crippen molar-refractivity contribution in [2.45, 2.75) is 91.5 Å². The third-order valence-electron chi connectivity index (χ3n) is 6.04. The molecule has 0 bridgehead atoms. The Morgan fingerprint density at radius 2 is 1.62 bits per heavy atom. The van der Waals surface area contributed by atoms with E-state index in [4.69, 9.17) is 0 Å². The molecular formula is C28H38NO3-. The predicted octanol–water partition coefficient (Wildman–Crippen LogP) is 6.02. The maximum absolute atomic E-state index is 12.9. The van der Waals surface area contributed by atoms with Crippen LogP contribution in [0.1, 0.15) is 104 Å². The van der Waals surface area contributed by atoms with E-state index in [2.05, 4.69) is 11.5 Å². The van der Waals surface area contributed by atoms with Crippen LogP contribution in [0, 0.1) is 13.8 Å². The van der Waals surface area contributed by atoms with Crippen molar-refractivity contribution >= 4 is 17.8 Å². The number of carbonyl (C=O) groups excluding carboxylic acids is 2. The molecule has 0 amide bonds. The molecule has 32 heavy (non-hydrogen) atoms. The molecule has 1 heterocycles. The molecule has 0 atom stereocenters. The van der Waals surface area contributed by atoms with Gasteiger partial charge in [0.25, 0.3) is 0 Å². The molecule has 1 aromatic carbocycles. The highest BCUT2D eigenvalue weighted by Gasteiger charge is 2.16. The van der Waals surface area contributed by atoms with Gasteiger partial charge in [-0.2, -0.15) is 0 Å². The third-order valence-corrected chi connectivity index (χ3v) is 6.04. The fourth-order valence-corrected chi connectivity index (χ4v) is 4.29. The topological polar surface area (TPSA) is 62.1 Å². The maximum atomic E-state index is 12.9. The van der Waals surface area contributed by atoms with Crippen molar-refractivity contribution in [2.75, 3.05) is 0 Å². The summed E-state index contributed by atoms with van der Waals surface area (Å²) in [6, 6.07) is 7.73. The van der Waals surface area contributed by atoms with Gasteiger partial charge in [0, 0.05) is 30.4 Å². The number of carboxylic acid groups (broad SMARTS) is 1. The van der Waals surface area contributed by atoms with Crippen LogP contribution in [0.5, 0.6) is 0 Å². The number of hydrogen-bond donors (Lipinski definition) is 0. The number of Topliss-reactive ketones (excluding diaryl/α,β-unsaturated/α-hetero) is 1. The van der Waals surface area contributed by atoms with Crippen molar-refractivity contribution in [1.29, 1.82) is 0 Å². The van der Waals surface area contributed by atoms with Gasteiger partial charge in [-0.1, -0.05) is 82.6 Å². The number of carbonyl (C=O) groups is 2. The number of carboxylic acids is 1. The first-order valence-corrected chi connectivity index (χ1v) is 12.1. The second kappa shape index (κ2) is 13.7. The second-order valence-electron chi connectivity index (χ2n) is 8.80. The van der Waals surface area contributed by atoms with Crippen LogP contribution >= 0.6 is 0 Å². The van der Waals surface area contributed by atoms with Crippen molar-refractivity contribution in [3.8, 4) is 0 Å². The molecule has 0 radical (unpaired) electrons. The minimum absolute atomic E-state index is 0.243. The molecule has 0 spiro atoms. The quantitative estimate of drug-likeness (QED) is 0.195. The van der Waals surface area contributed by atoms with Crippen molar-refractivity contribution in [3.05, 3.63) is 64.5 Å². The average Bonchev–Trinajstić information content (AvgIpc) is 3.04. The summed E-state index contributed by atoms with van der Waals surface area (Å²) in [4.78, 5) is 23.5. The van der Waals surface area contributed by atoms with Gasteiger partial charge in [0.15, 0.2) is 5.78 Å². The molecule has 4 nitrogen and oxygen atoms in total. The number of nitrogens with zero attached hydrogens (tertiary/aromatic N) is 1. The van der Waals surface area contributed by atoms with Gasteiger partial charge < -0.3 is 14.5 Å². The zero-order chi connectivity index (χ0) is 23.3. The van der Waals surface area contributed by atoms with E-state index in [1.54, 1.807) is 0 Å². The minimum atomic E-state index is -1.21. The number of rotatable bonds is 15. The number of ketones is 1. The van der Waals surface area contributed by atoms with Crippen molar-refractivity contribution in [3.63, 3.8) is 0 Å². The van der Waals surface area contributed by atoms with E-state index < -0.39 is 5.97 Å². The molecule has 0 aliphatic rings. The Morgan fingerprint density at radius 1 is 0.969 bits per heavy atom. The molecule has 1 aromatic heterocycles. The Hall–Kier alpha value is -2.62. The first-order chi connectivity index (χ1) is 15.4. The van der Waals surface area contributed by atoms with Crippen LogP contribution < -0.4 is 5.11 Å². The lowest BCUT2D eigenvalue weighted by Gasteiger charge is -2.09. The van der Waals surface area contributed by atoms with Gasteiger partial charge in [0.2, 0.25) is 0 Å². The van der Waals surface area contributed by atoms with Gasteiger partial charge in [-0.05, 0) is 49.1 Å². The Morgan fingerprint density at radius 3 is 2.28 bits per heavy atom. The van der Waals surface area contributed by atoms with Crippen LogP contribution in [0.4, 0.5) is 0 Å². The Labute approximate surface area is 193 Å². The fourth-order valence-electron chi connectivity index (χ4n) is 4.29. The first-order valence-electron chi connectivity index (χ1n) is 12.1. The van der Waals surface area contributed by atoms with Gasteiger partial charge in [-0.25, -0.2) is 0 Å². The average molecular weight is 437 g/mol. The van der Waals surface area contributed by atoms with E-state index in [0.29, 0.717) is 13.0 Å². The summed E-state index contributed by atoms with van der Waals surface area (Å²) in [6.07, 6.45) is 16.5. The summed E-state index contributed by atoms with van der Waals surface area (Å²) in [5, 5.41) is 10.6. The van der Waals surface area contributed by atoms with Crippen molar-refractivity contribution in [1.82, 2.24) is 4.57 Å². The van der Waals surface area contributed by atoms with Gasteiger partial charge >= 0.3 is 0 Å². The lowest BCUT2D eigenvalue weighted by atomic mass is 10.0. The summed E-state index contributed by atoms with van der Waals surface area (Å²) in [5.74, 6) is -0.963.